The van der Waals surface area contributed by atoms with Gasteiger partial charge < -0.3 is 14.2 Å². The molecule has 0 saturated heterocycles. The van der Waals surface area contributed by atoms with E-state index in [1.165, 1.54) is 205 Å². The van der Waals surface area contributed by atoms with Gasteiger partial charge in [0.15, 0.2) is 6.10 Å². The number of unbranched alkanes of at least 4 members (excludes halogenated alkanes) is 38. The monoisotopic (exact) mass is 1070 g/mol. The normalized spacial score (nSPS) is 12.5. The van der Waals surface area contributed by atoms with E-state index in [-0.39, 0.29) is 31.1 Å². The van der Waals surface area contributed by atoms with Crippen molar-refractivity contribution in [2.75, 3.05) is 13.2 Å². The molecule has 0 rings (SSSR count). The van der Waals surface area contributed by atoms with E-state index in [0.717, 1.165) is 96.3 Å². The van der Waals surface area contributed by atoms with Crippen molar-refractivity contribution in [1.82, 2.24) is 0 Å². The first kappa shape index (κ1) is 73.8. The van der Waals surface area contributed by atoms with Crippen molar-refractivity contribution in [3.8, 4) is 0 Å². The lowest BCUT2D eigenvalue weighted by atomic mass is 10.0. The van der Waals surface area contributed by atoms with Crippen LogP contribution in [0.25, 0.3) is 0 Å². The summed E-state index contributed by atoms with van der Waals surface area (Å²) in [5.41, 5.74) is 0. The fraction of sp³-hybridized carbons (Fsp3) is 0.789. The molecule has 446 valence electrons. The molecular weight excluding hydrogens is 949 g/mol. The third kappa shape index (κ3) is 63.6. The largest absolute Gasteiger partial charge is 0.462 e. The van der Waals surface area contributed by atoms with Crippen LogP contribution in [0.3, 0.4) is 0 Å². The highest BCUT2D eigenvalue weighted by Gasteiger charge is 2.19. The van der Waals surface area contributed by atoms with Crippen LogP contribution in [-0.2, 0) is 28.6 Å². The minimum absolute atomic E-state index is 0.0816. The number of ether oxygens (including phenoxy) is 3. The van der Waals surface area contributed by atoms with Crippen molar-refractivity contribution < 1.29 is 28.6 Å². The molecule has 0 saturated carbocycles. The van der Waals surface area contributed by atoms with Gasteiger partial charge >= 0.3 is 17.9 Å². The highest BCUT2D eigenvalue weighted by Crippen LogP contribution is 2.17. The van der Waals surface area contributed by atoms with Gasteiger partial charge in [0.2, 0.25) is 0 Å². The number of hydrogen-bond acceptors (Lipinski definition) is 6. The van der Waals surface area contributed by atoms with Gasteiger partial charge in [0, 0.05) is 19.3 Å². The summed E-state index contributed by atoms with van der Waals surface area (Å²) in [7, 11) is 0. The van der Waals surface area contributed by atoms with Crippen LogP contribution >= 0.6 is 0 Å². The summed E-state index contributed by atoms with van der Waals surface area (Å²) >= 11 is 0. The Morgan fingerprint density at radius 1 is 0.273 bits per heavy atom. The zero-order valence-corrected chi connectivity index (χ0v) is 51.2. The third-order valence-electron chi connectivity index (χ3n) is 14.7. The average Bonchev–Trinajstić information content (AvgIpc) is 3.43. The summed E-state index contributed by atoms with van der Waals surface area (Å²) < 4.78 is 16.9. The lowest BCUT2D eigenvalue weighted by Gasteiger charge is -2.18. The second kappa shape index (κ2) is 65.4. The summed E-state index contributed by atoms with van der Waals surface area (Å²) in [6, 6.07) is 0. The fourth-order valence-corrected chi connectivity index (χ4v) is 9.70. The Kier molecular flexibility index (Phi) is 62.7. The molecular formula is C71H126O6. The van der Waals surface area contributed by atoms with Gasteiger partial charge in [-0.25, -0.2) is 0 Å². The van der Waals surface area contributed by atoms with Crippen molar-refractivity contribution >= 4 is 17.9 Å². The third-order valence-corrected chi connectivity index (χ3v) is 14.7. The number of carbonyl (C=O) groups is 3. The molecule has 0 aromatic carbocycles. The van der Waals surface area contributed by atoms with Gasteiger partial charge in [0.1, 0.15) is 13.2 Å². The van der Waals surface area contributed by atoms with Gasteiger partial charge in [-0.05, 0) is 89.9 Å². The van der Waals surface area contributed by atoms with Crippen LogP contribution in [0.4, 0.5) is 0 Å². The first-order valence-electron chi connectivity index (χ1n) is 33.4. The Morgan fingerprint density at radius 3 is 0.805 bits per heavy atom. The Bertz CT molecular complexity index is 1420. The predicted octanol–water partition coefficient (Wildman–Crippen LogP) is 22.9. The molecule has 0 fully saturated rings. The smallest absolute Gasteiger partial charge is 0.306 e. The van der Waals surface area contributed by atoms with E-state index in [2.05, 4.69) is 93.7 Å². The lowest BCUT2D eigenvalue weighted by Crippen LogP contribution is -2.30. The molecule has 0 spiro atoms. The SMILES string of the molecule is CC/C=C\C/C=C\C/C=C\CCCCCC(=O)OCC(COC(=O)CCCCCCCCCCCCCCCC/C=C\C/C=C\C/C=C\CCCCCCC)OC(=O)CCCCCCCCCCCCCCCCCCC. The molecule has 77 heavy (non-hydrogen) atoms. The molecule has 1 unspecified atom stereocenters. The predicted molar refractivity (Wildman–Crippen MR) is 335 cm³/mol. The van der Waals surface area contributed by atoms with Crippen LogP contribution in [0.1, 0.15) is 342 Å². The summed E-state index contributed by atoms with van der Waals surface area (Å²) in [6.07, 6.45) is 85.0. The maximum Gasteiger partial charge on any atom is 0.306 e. The van der Waals surface area contributed by atoms with Gasteiger partial charge in [-0.15, -0.1) is 0 Å². The van der Waals surface area contributed by atoms with E-state index in [1.54, 1.807) is 0 Å². The minimum Gasteiger partial charge on any atom is -0.462 e. The molecule has 0 amide bonds. The molecule has 0 aliphatic heterocycles. The Morgan fingerprint density at radius 2 is 0.506 bits per heavy atom. The second-order valence-electron chi connectivity index (χ2n) is 22.4. The number of rotatable bonds is 61. The van der Waals surface area contributed by atoms with E-state index >= 15 is 0 Å². The van der Waals surface area contributed by atoms with E-state index in [1.807, 2.05) is 0 Å². The number of carbonyl (C=O) groups excluding carboxylic acids is 3. The van der Waals surface area contributed by atoms with Crippen LogP contribution in [-0.4, -0.2) is 37.2 Å². The molecule has 0 bridgehead atoms. The minimum atomic E-state index is -0.786. The van der Waals surface area contributed by atoms with Gasteiger partial charge in [0.25, 0.3) is 0 Å². The van der Waals surface area contributed by atoms with Gasteiger partial charge in [-0.1, -0.05) is 306 Å². The quantitative estimate of drug-likeness (QED) is 0.0261. The van der Waals surface area contributed by atoms with Crippen LogP contribution in [0, 0.1) is 0 Å². The first-order valence-corrected chi connectivity index (χ1v) is 33.4. The van der Waals surface area contributed by atoms with Crippen molar-refractivity contribution in [1.29, 1.82) is 0 Å². The maximum atomic E-state index is 12.9. The lowest BCUT2D eigenvalue weighted by molar-refractivity contribution is -0.167. The molecule has 1 atom stereocenters. The van der Waals surface area contributed by atoms with Crippen LogP contribution < -0.4 is 0 Å². The average molecular weight is 1080 g/mol. The molecule has 6 nitrogen and oxygen atoms in total. The zero-order valence-electron chi connectivity index (χ0n) is 51.2. The first-order chi connectivity index (χ1) is 38.0. The van der Waals surface area contributed by atoms with Crippen LogP contribution in [0.5, 0.6) is 0 Å². The van der Waals surface area contributed by atoms with Crippen molar-refractivity contribution in [2.45, 2.75) is 348 Å². The standard InChI is InChI=1S/C71H126O6/c1-4-7-10-13-16-19-22-25-27-29-30-31-32-33-34-35-36-37-38-39-40-42-43-46-49-52-55-58-61-64-70(73)76-67-68(66-75-69(72)63-60-57-54-51-48-45-24-21-18-15-12-9-6-3)77-71(74)65-62-59-56-53-50-47-44-41-28-26-23-20-17-14-11-8-5-2/h9,12,18,21-22,25,29-30,32-33,45,48,68H,4-8,10-11,13-17,19-20,23-24,26-28,31,34-44,46-47,49-67H2,1-3H3/b12-9-,21-18-,25-22-,30-29-,33-32-,48-45-. The zero-order chi connectivity index (χ0) is 55.7. The van der Waals surface area contributed by atoms with E-state index in [4.69, 9.17) is 14.2 Å². The summed E-state index contributed by atoms with van der Waals surface area (Å²) in [5.74, 6) is -0.895. The second-order valence-corrected chi connectivity index (χ2v) is 22.4. The Balaban J connectivity index is 4.23. The maximum absolute atomic E-state index is 12.9. The summed E-state index contributed by atoms with van der Waals surface area (Å²) in [4.78, 5) is 38.3. The molecule has 0 heterocycles. The van der Waals surface area contributed by atoms with E-state index < -0.39 is 6.10 Å². The number of esters is 3. The number of allylic oxidation sites excluding steroid dienone is 12. The highest BCUT2D eigenvalue weighted by atomic mass is 16.6. The van der Waals surface area contributed by atoms with Gasteiger partial charge in [0.05, 0.1) is 0 Å². The van der Waals surface area contributed by atoms with Gasteiger partial charge in [-0.3, -0.25) is 14.4 Å². The molecule has 0 aliphatic carbocycles. The van der Waals surface area contributed by atoms with Crippen molar-refractivity contribution in [2.24, 2.45) is 0 Å². The molecule has 6 heteroatoms. The molecule has 0 aromatic heterocycles. The van der Waals surface area contributed by atoms with Gasteiger partial charge in [-0.2, -0.15) is 0 Å². The van der Waals surface area contributed by atoms with Crippen LogP contribution in [0.15, 0.2) is 72.9 Å². The molecule has 0 aliphatic rings. The summed E-state index contributed by atoms with van der Waals surface area (Å²) in [5, 5.41) is 0. The summed E-state index contributed by atoms with van der Waals surface area (Å²) in [6.45, 7) is 6.53. The topological polar surface area (TPSA) is 78.9 Å². The highest BCUT2D eigenvalue weighted by molar-refractivity contribution is 5.71. The van der Waals surface area contributed by atoms with E-state index in [9.17, 15) is 14.4 Å². The molecule has 0 radical (unpaired) electrons. The van der Waals surface area contributed by atoms with E-state index in [0.29, 0.717) is 19.3 Å². The van der Waals surface area contributed by atoms with Crippen LogP contribution in [0.2, 0.25) is 0 Å². The van der Waals surface area contributed by atoms with Crippen molar-refractivity contribution in [3.05, 3.63) is 72.9 Å². The molecule has 0 N–H and O–H groups in total. The van der Waals surface area contributed by atoms with Crippen molar-refractivity contribution in [3.63, 3.8) is 0 Å². The Labute approximate surface area is 478 Å². The number of hydrogen-bond donors (Lipinski definition) is 0. The fourth-order valence-electron chi connectivity index (χ4n) is 9.70. The Hall–Kier alpha value is -3.15. The molecule has 0 aromatic rings.